The van der Waals surface area contributed by atoms with Crippen molar-refractivity contribution in [3.05, 3.63) is 39.8 Å². The number of nitrogens with zero attached hydrogens (tertiary/aromatic N) is 2. The summed E-state index contributed by atoms with van der Waals surface area (Å²) in [5.41, 5.74) is 0.0680. The molecule has 1 saturated carbocycles. The van der Waals surface area contributed by atoms with Gasteiger partial charge in [0.1, 0.15) is 16.5 Å². The summed E-state index contributed by atoms with van der Waals surface area (Å²) in [6, 6.07) is 5.67. The molecule has 3 rings (SSSR count). The molecule has 0 radical (unpaired) electrons. The first-order valence-electron chi connectivity index (χ1n) is 9.68. The van der Waals surface area contributed by atoms with Crippen LogP contribution in [-0.2, 0) is 19.3 Å². The summed E-state index contributed by atoms with van der Waals surface area (Å²) in [4.78, 5) is 7.73. The number of halogens is 4. The van der Waals surface area contributed by atoms with Crippen LogP contribution in [0.1, 0.15) is 41.9 Å². The van der Waals surface area contributed by atoms with Crippen LogP contribution >= 0.6 is 35.3 Å². The summed E-state index contributed by atoms with van der Waals surface area (Å²) in [5, 5.41) is 7.50. The molecule has 0 bridgehead atoms. The highest BCUT2D eigenvalue weighted by molar-refractivity contribution is 14.0. The number of hydrogen-bond acceptors (Lipinski definition) is 5. The summed E-state index contributed by atoms with van der Waals surface area (Å²) < 4.78 is 49.5. The molecule has 1 aliphatic rings. The lowest BCUT2D eigenvalue weighted by atomic mass is 10.2. The first-order chi connectivity index (χ1) is 14.4. The van der Waals surface area contributed by atoms with Crippen molar-refractivity contribution in [3.63, 3.8) is 0 Å². The van der Waals surface area contributed by atoms with Gasteiger partial charge in [-0.25, -0.2) is 4.98 Å². The Hall–Kier alpha value is -1.76. The number of thiazole rings is 1. The maximum absolute atomic E-state index is 12.7. The van der Waals surface area contributed by atoms with E-state index in [-0.39, 0.29) is 36.6 Å². The van der Waals surface area contributed by atoms with E-state index in [1.54, 1.807) is 14.2 Å². The molecule has 1 aromatic carbocycles. The van der Waals surface area contributed by atoms with E-state index in [0.29, 0.717) is 17.5 Å². The third-order valence-corrected chi connectivity index (χ3v) is 5.64. The summed E-state index contributed by atoms with van der Waals surface area (Å²) in [7, 11) is 3.21. The van der Waals surface area contributed by atoms with E-state index in [1.165, 1.54) is 12.8 Å². The third-order valence-electron chi connectivity index (χ3n) is 4.79. The minimum Gasteiger partial charge on any atom is -0.497 e. The van der Waals surface area contributed by atoms with Crippen molar-refractivity contribution in [1.82, 2.24) is 15.6 Å². The maximum Gasteiger partial charge on any atom is 0.434 e. The van der Waals surface area contributed by atoms with Crippen LogP contribution in [0.25, 0.3) is 0 Å². The average Bonchev–Trinajstić information content (AvgIpc) is 3.40. The van der Waals surface area contributed by atoms with E-state index in [4.69, 9.17) is 9.47 Å². The molecule has 0 saturated heterocycles. The second-order valence-corrected chi connectivity index (χ2v) is 7.84. The van der Waals surface area contributed by atoms with Crippen molar-refractivity contribution in [2.45, 2.75) is 51.1 Å². The van der Waals surface area contributed by atoms with Gasteiger partial charge in [0, 0.05) is 30.6 Å². The highest BCUT2D eigenvalue weighted by Crippen LogP contribution is 2.31. The van der Waals surface area contributed by atoms with Gasteiger partial charge in [-0.2, -0.15) is 13.2 Å². The Morgan fingerprint density at radius 1 is 1.23 bits per heavy atom. The van der Waals surface area contributed by atoms with Crippen LogP contribution < -0.4 is 20.1 Å². The Kier molecular flexibility index (Phi) is 9.66. The average molecular weight is 570 g/mol. The molecule has 11 heteroatoms. The number of guanidine groups is 1. The van der Waals surface area contributed by atoms with E-state index in [9.17, 15) is 13.2 Å². The minimum atomic E-state index is -4.43. The zero-order chi connectivity index (χ0) is 21.6. The lowest BCUT2D eigenvalue weighted by Gasteiger charge is -2.18. The van der Waals surface area contributed by atoms with Crippen molar-refractivity contribution < 1.29 is 22.6 Å². The first kappa shape index (κ1) is 25.5. The quantitative estimate of drug-likeness (QED) is 0.280. The standard InChI is InChI=1S/C20H25F3N4O2S.HI/c1-24-19(26-11-18-27-17(12-30-18)20(21,22)23)25-10-13-7-8-15(28-2)9-16(13)29-14-5-3-4-6-14;/h7-9,12,14H,3-6,10-11H2,1-2H3,(H2,24,25,26);1H. The number of methoxy groups -OCH3 is 1. The van der Waals surface area contributed by atoms with Gasteiger partial charge in [0.25, 0.3) is 0 Å². The Morgan fingerprint density at radius 2 is 1.94 bits per heavy atom. The number of rotatable bonds is 7. The van der Waals surface area contributed by atoms with Crippen LogP contribution in [-0.4, -0.2) is 31.2 Å². The van der Waals surface area contributed by atoms with E-state index < -0.39 is 11.9 Å². The molecule has 1 fully saturated rings. The monoisotopic (exact) mass is 570 g/mol. The van der Waals surface area contributed by atoms with Crippen LogP contribution in [0.2, 0.25) is 0 Å². The van der Waals surface area contributed by atoms with Crippen molar-refractivity contribution in [1.29, 1.82) is 0 Å². The zero-order valence-electron chi connectivity index (χ0n) is 17.3. The number of nitrogens with one attached hydrogen (secondary N) is 2. The molecule has 1 aromatic heterocycles. The topological polar surface area (TPSA) is 67.8 Å². The van der Waals surface area contributed by atoms with Crippen LogP contribution in [0.5, 0.6) is 11.5 Å². The highest BCUT2D eigenvalue weighted by Gasteiger charge is 2.33. The molecule has 0 atom stereocenters. The number of ether oxygens (including phenoxy) is 2. The molecular formula is C20H26F3IN4O2S. The van der Waals surface area contributed by atoms with Gasteiger partial charge in [0.2, 0.25) is 0 Å². The zero-order valence-corrected chi connectivity index (χ0v) is 20.4. The molecule has 6 nitrogen and oxygen atoms in total. The molecule has 0 spiro atoms. The summed E-state index contributed by atoms with van der Waals surface area (Å²) >= 11 is 0.957. The second kappa shape index (κ2) is 11.7. The van der Waals surface area contributed by atoms with Crippen LogP contribution in [0.15, 0.2) is 28.6 Å². The molecule has 31 heavy (non-hydrogen) atoms. The van der Waals surface area contributed by atoms with Gasteiger partial charge < -0.3 is 20.1 Å². The van der Waals surface area contributed by atoms with Gasteiger partial charge in [-0.3, -0.25) is 4.99 Å². The fourth-order valence-corrected chi connectivity index (χ4v) is 3.93. The van der Waals surface area contributed by atoms with E-state index in [1.807, 2.05) is 18.2 Å². The van der Waals surface area contributed by atoms with E-state index >= 15 is 0 Å². The van der Waals surface area contributed by atoms with Crippen LogP contribution in [0.4, 0.5) is 13.2 Å². The van der Waals surface area contributed by atoms with E-state index in [0.717, 1.165) is 46.6 Å². The lowest BCUT2D eigenvalue weighted by molar-refractivity contribution is -0.140. The fraction of sp³-hybridized carbons (Fsp3) is 0.500. The number of aromatic nitrogens is 1. The lowest BCUT2D eigenvalue weighted by Crippen LogP contribution is -2.36. The second-order valence-electron chi connectivity index (χ2n) is 6.90. The Morgan fingerprint density at radius 3 is 2.55 bits per heavy atom. The van der Waals surface area contributed by atoms with Gasteiger partial charge in [-0.15, -0.1) is 35.3 Å². The maximum atomic E-state index is 12.7. The number of alkyl halides is 3. The van der Waals surface area contributed by atoms with Gasteiger partial charge in [-0.05, 0) is 37.8 Å². The summed E-state index contributed by atoms with van der Waals surface area (Å²) in [6.07, 6.45) is 0.207. The number of aliphatic imine (C=N–C) groups is 1. The van der Waals surface area contributed by atoms with Crippen molar-refractivity contribution in [3.8, 4) is 11.5 Å². The summed E-state index contributed by atoms with van der Waals surface area (Å²) in [6.45, 7) is 0.589. The van der Waals surface area contributed by atoms with Crippen molar-refractivity contribution in [2.24, 2.45) is 4.99 Å². The Labute approximate surface area is 200 Å². The number of hydrogen-bond donors (Lipinski definition) is 2. The molecule has 172 valence electrons. The molecular weight excluding hydrogens is 544 g/mol. The van der Waals surface area contributed by atoms with Gasteiger partial charge in [0.15, 0.2) is 11.7 Å². The van der Waals surface area contributed by atoms with E-state index in [2.05, 4.69) is 20.6 Å². The molecule has 2 N–H and O–H groups in total. The number of benzene rings is 1. The first-order valence-corrected chi connectivity index (χ1v) is 10.6. The van der Waals surface area contributed by atoms with Crippen LogP contribution in [0.3, 0.4) is 0 Å². The highest BCUT2D eigenvalue weighted by atomic mass is 127. The van der Waals surface area contributed by atoms with Crippen molar-refractivity contribution >= 4 is 41.3 Å². The molecule has 0 aliphatic heterocycles. The third kappa shape index (κ3) is 7.41. The molecule has 1 aliphatic carbocycles. The normalized spacial score (nSPS) is 14.8. The Bertz CT molecular complexity index is 870. The van der Waals surface area contributed by atoms with Gasteiger partial charge >= 0.3 is 6.18 Å². The fourth-order valence-electron chi connectivity index (χ4n) is 3.18. The predicted molar refractivity (Wildman–Crippen MR) is 125 cm³/mol. The predicted octanol–water partition coefficient (Wildman–Crippen LogP) is 4.98. The van der Waals surface area contributed by atoms with Crippen molar-refractivity contribution in [2.75, 3.05) is 14.2 Å². The molecule has 1 heterocycles. The van der Waals surface area contributed by atoms with Gasteiger partial charge in [0.05, 0.1) is 19.8 Å². The summed E-state index contributed by atoms with van der Waals surface area (Å²) in [5.74, 6) is 1.94. The smallest absolute Gasteiger partial charge is 0.434 e. The largest absolute Gasteiger partial charge is 0.497 e. The molecule has 0 unspecified atom stereocenters. The van der Waals surface area contributed by atoms with Gasteiger partial charge in [-0.1, -0.05) is 0 Å². The van der Waals surface area contributed by atoms with Crippen LogP contribution in [0, 0.1) is 0 Å². The molecule has 0 amide bonds. The minimum absolute atomic E-state index is 0. The SMILES string of the molecule is CN=C(NCc1nc(C(F)(F)F)cs1)NCc1ccc(OC)cc1OC1CCCC1.I. The molecule has 2 aromatic rings. The Balaban J connectivity index is 0.00000341.